The second-order valence-electron chi connectivity index (χ2n) is 6.03. The number of hydrogen-bond acceptors (Lipinski definition) is 6. The third-order valence-corrected chi connectivity index (χ3v) is 5.53. The summed E-state index contributed by atoms with van der Waals surface area (Å²) >= 11 is 7.58. The molecule has 0 aliphatic carbocycles. The molecule has 0 radical (unpaired) electrons. The van der Waals surface area contributed by atoms with Gasteiger partial charge in [-0.15, -0.1) is 11.3 Å². The van der Waals surface area contributed by atoms with Gasteiger partial charge in [-0.1, -0.05) is 11.6 Å². The Kier molecular flexibility index (Phi) is 6.85. The number of thiazole rings is 1. The molecule has 26 heavy (non-hydrogen) atoms. The van der Waals surface area contributed by atoms with Gasteiger partial charge in [-0.05, 0) is 50.0 Å². The van der Waals surface area contributed by atoms with Gasteiger partial charge in [-0.25, -0.2) is 4.98 Å². The first-order valence-corrected chi connectivity index (χ1v) is 9.76. The van der Waals surface area contributed by atoms with Gasteiger partial charge < -0.3 is 14.8 Å². The molecular formula is C18H22ClN3O3S. The summed E-state index contributed by atoms with van der Waals surface area (Å²) in [5.74, 6) is 0.698. The summed E-state index contributed by atoms with van der Waals surface area (Å²) in [5.41, 5.74) is 0.382. The number of anilines is 1. The van der Waals surface area contributed by atoms with E-state index in [4.69, 9.17) is 21.1 Å². The monoisotopic (exact) mass is 395 g/mol. The van der Waals surface area contributed by atoms with E-state index in [1.165, 1.54) is 16.2 Å². The van der Waals surface area contributed by atoms with Crippen molar-refractivity contribution in [2.45, 2.75) is 18.8 Å². The van der Waals surface area contributed by atoms with Crippen molar-refractivity contribution in [3.05, 3.63) is 39.9 Å². The van der Waals surface area contributed by atoms with Gasteiger partial charge in [0.1, 0.15) is 12.4 Å². The SMILES string of the molecule is COCCOc1ccc(Cl)cc1C(=O)Nc1ncc(C2CCNCC2)s1. The zero-order valence-corrected chi connectivity index (χ0v) is 16.2. The van der Waals surface area contributed by atoms with E-state index in [0.29, 0.717) is 40.6 Å². The zero-order valence-electron chi connectivity index (χ0n) is 14.6. The predicted octanol–water partition coefficient (Wildman–Crippen LogP) is 3.54. The van der Waals surface area contributed by atoms with Gasteiger partial charge in [-0.2, -0.15) is 0 Å². The van der Waals surface area contributed by atoms with E-state index in [0.717, 1.165) is 25.9 Å². The molecule has 0 saturated carbocycles. The number of rotatable bonds is 7. The fourth-order valence-corrected chi connectivity index (χ4v) is 4.00. The Morgan fingerprint density at radius 2 is 2.19 bits per heavy atom. The Hall–Kier alpha value is -1.67. The van der Waals surface area contributed by atoms with E-state index in [2.05, 4.69) is 15.6 Å². The topological polar surface area (TPSA) is 72.5 Å². The Morgan fingerprint density at radius 1 is 1.38 bits per heavy atom. The molecule has 140 valence electrons. The largest absolute Gasteiger partial charge is 0.490 e. The zero-order chi connectivity index (χ0) is 18.4. The Balaban J connectivity index is 1.69. The number of ether oxygens (including phenoxy) is 2. The van der Waals surface area contributed by atoms with Gasteiger partial charge in [0.25, 0.3) is 5.91 Å². The van der Waals surface area contributed by atoms with Crippen LogP contribution in [0, 0.1) is 0 Å². The Bertz CT molecular complexity index is 747. The van der Waals surface area contributed by atoms with Crippen LogP contribution in [0.3, 0.4) is 0 Å². The van der Waals surface area contributed by atoms with Crippen LogP contribution in [0.1, 0.15) is 34.0 Å². The third kappa shape index (κ3) is 4.94. The lowest BCUT2D eigenvalue weighted by Gasteiger charge is -2.20. The maximum atomic E-state index is 12.7. The molecule has 1 saturated heterocycles. The van der Waals surface area contributed by atoms with Crippen molar-refractivity contribution in [3.63, 3.8) is 0 Å². The number of amides is 1. The number of carbonyl (C=O) groups excluding carboxylic acids is 1. The number of methoxy groups -OCH3 is 1. The highest BCUT2D eigenvalue weighted by atomic mass is 35.5. The predicted molar refractivity (Wildman–Crippen MR) is 104 cm³/mol. The van der Waals surface area contributed by atoms with E-state index >= 15 is 0 Å². The van der Waals surface area contributed by atoms with Gasteiger partial charge in [-0.3, -0.25) is 10.1 Å². The highest BCUT2D eigenvalue weighted by molar-refractivity contribution is 7.15. The fraction of sp³-hybridized carbons (Fsp3) is 0.444. The summed E-state index contributed by atoms with van der Waals surface area (Å²) in [6.45, 7) is 2.84. The van der Waals surface area contributed by atoms with Crippen molar-refractivity contribution in [3.8, 4) is 5.75 Å². The molecule has 6 nitrogen and oxygen atoms in total. The Morgan fingerprint density at radius 3 is 2.96 bits per heavy atom. The maximum Gasteiger partial charge on any atom is 0.261 e. The van der Waals surface area contributed by atoms with Crippen molar-refractivity contribution in [1.82, 2.24) is 10.3 Å². The molecular weight excluding hydrogens is 374 g/mol. The summed E-state index contributed by atoms with van der Waals surface area (Å²) in [7, 11) is 1.60. The van der Waals surface area contributed by atoms with Crippen molar-refractivity contribution in [2.75, 3.05) is 38.7 Å². The van der Waals surface area contributed by atoms with E-state index in [9.17, 15) is 4.79 Å². The molecule has 1 aliphatic rings. The van der Waals surface area contributed by atoms with Gasteiger partial charge in [0.2, 0.25) is 0 Å². The minimum Gasteiger partial charge on any atom is -0.490 e. The number of carbonyl (C=O) groups is 1. The standard InChI is InChI=1S/C18H22ClN3O3S/c1-24-8-9-25-15-3-2-13(19)10-14(15)17(23)22-18-21-11-16(26-18)12-4-6-20-7-5-12/h2-3,10-12,20H,4-9H2,1H3,(H,21,22,23). The van der Waals surface area contributed by atoms with Crippen molar-refractivity contribution in [1.29, 1.82) is 0 Å². The van der Waals surface area contributed by atoms with E-state index in [1.807, 2.05) is 6.20 Å². The summed E-state index contributed by atoms with van der Waals surface area (Å²) in [4.78, 5) is 18.3. The lowest BCUT2D eigenvalue weighted by atomic mass is 9.97. The number of benzene rings is 1. The van der Waals surface area contributed by atoms with Gasteiger partial charge in [0.05, 0.1) is 12.2 Å². The summed E-state index contributed by atoms with van der Waals surface area (Å²) in [5, 5.41) is 7.28. The number of nitrogens with zero attached hydrogens (tertiary/aromatic N) is 1. The molecule has 0 unspecified atom stereocenters. The third-order valence-electron chi connectivity index (χ3n) is 4.22. The maximum absolute atomic E-state index is 12.7. The van der Waals surface area contributed by atoms with Crippen LogP contribution in [0.15, 0.2) is 24.4 Å². The van der Waals surface area contributed by atoms with E-state index in [1.54, 1.807) is 25.3 Å². The molecule has 1 aromatic carbocycles. The van der Waals surface area contributed by atoms with Gasteiger partial charge in [0, 0.05) is 23.2 Å². The second-order valence-corrected chi connectivity index (χ2v) is 7.53. The first-order valence-electron chi connectivity index (χ1n) is 8.56. The summed E-state index contributed by atoms with van der Waals surface area (Å²) in [6.07, 6.45) is 4.06. The molecule has 8 heteroatoms. The molecule has 2 aromatic rings. The molecule has 1 amide bonds. The van der Waals surface area contributed by atoms with Crippen LogP contribution in [-0.4, -0.2) is 44.3 Å². The Labute approximate surface area is 161 Å². The van der Waals surface area contributed by atoms with Crippen LogP contribution in [0.5, 0.6) is 5.75 Å². The first-order chi connectivity index (χ1) is 12.7. The van der Waals surface area contributed by atoms with E-state index < -0.39 is 0 Å². The van der Waals surface area contributed by atoms with Crippen molar-refractivity contribution in [2.24, 2.45) is 0 Å². The fourth-order valence-electron chi connectivity index (χ4n) is 2.84. The van der Waals surface area contributed by atoms with Crippen LogP contribution >= 0.6 is 22.9 Å². The molecule has 1 aliphatic heterocycles. The van der Waals surface area contributed by atoms with Crippen LogP contribution in [0.25, 0.3) is 0 Å². The number of aromatic nitrogens is 1. The minimum absolute atomic E-state index is 0.286. The van der Waals surface area contributed by atoms with Crippen molar-refractivity contribution >= 4 is 34.0 Å². The lowest BCUT2D eigenvalue weighted by molar-refractivity contribution is 0.101. The molecule has 0 spiro atoms. The van der Waals surface area contributed by atoms with Crippen LogP contribution < -0.4 is 15.4 Å². The van der Waals surface area contributed by atoms with Gasteiger partial charge in [0.15, 0.2) is 5.13 Å². The normalized spacial score (nSPS) is 15.0. The molecule has 1 fully saturated rings. The molecule has 0 bridgehead atoms. The quantitative estimate of drug-likeness (QED) is 0.701. The van der Waals surface area contributed by atoms with Crippen LogP contribution in [-0.2, 0) is 4.74 Å². The minimum atomic E-state index is -0.286. The molecule has 2 heterocycles. The van der Waals surface area contributed by atoms with Crippen molar-refractivity contribution < 1.29 is 14.3 Å². The smallest absolute Gasteiger partial charge is 0.261 e. The number of halogens is 1. The highest BCUT2D eigenvalue weighted by Crippen LogP contribution is 2.32. The van der Waals surface area contributed by atoms with Crippen LogP contribution in [0.4, 0.5) is 5.13 Å². The first kappa shape index (κ1) is 19.1. The average molecular weight is 396 g/mol. The summed E-state index contributed by atoms with van der Waals surface area (Å²) in [6, 6.07) is 4.98. The average Bonchev–Trinajstić information content (AvgIpc) is 3.12. The van der Waals surface area contributed by atoms with Gasteiger partial charge >= 0.3 is 0 Å². The lowest BCUT2D eigenvalue weighted by Crippen LogP contribution is -2.26. The highest BCUT2D eigenvalue weighted by Gasteiger charge is 2.20. The van der Waals surface area contributed by atoms with E-state index in [-0.39, 0.29) is 5.91 Å². The number of nitrogens with one attached hydrogen (secondary N) is 2. The second kappa shape index (κ2) is 9.32. The van der Waals surface area contributed by atoms with Crippen LogP contribution in [0.2, 0.25) is 5.02 Å². The molecule has 3 rings (SSSR count). The molecule has 1 aromatic heterocycles. The molecule has 0 atom stereocenters. The summed E-state index contributed by atoms with van der Waals surface area (Å²) < 4.78 is 10.6. The molecule has 2 N–H and O–H groups in total. The number of hydrogen-bond donors (Lipinski definition) is 2. The number of piperidine rings is 1.